The molecule has 0 aliphatic rings. The highest BCUT2D eigenvalue weighted by atomic mass is 16.4. The zero-order valence-corrected chi connectivity index (χ0v) is 18.1. The minimum Gasteiger partial charge on any atom is -0.481 e. The molecule has 0 aromatic rings. The smallest absolute Gasteiger partial charge is 0.323 e. The Labute approximate surface area is 192 Å². The summed E-state index contributed by atoms with van der Waals surface area (Å²) < 4.78 is 0. The molecule has 0 radical (unpaired) electrons. The van der Waals surface area contributed by atoms with Gasteiger partial charge in [-0.15, -0.1) is 0 Å². The van der Waals surface area contributed by atoms with E-state index < -0.39 is 79.1 Å². The molecule has 0 saturated heterocycles. The van der Waals surface area contributed by atoms with Gasteiger partial charge >= 0.3 is 35.8 Å². The quantitative estimate of drug-likeness (QED) is 0.126. The summed E-state index contributed by atoms with van der Waals surface area (Å²) in [6, 6.07) is -4.63. The molecule has 0 aliphatic heterocycles. The third-order valence-electron chi connectivity index (χ3n) is 3.02. The second-order valence-corrected chi connectivity index (χ2v) is 6.15. The van der Waals surface area contributed by atoms with Gasteiger partial charge in [0.15, 0.2) is 0 Å². The normalized spacial score (nSPS) is 13.9. The summed E-state index contributed by atoms with van der Waals surface area (Å²) in [7, 11) is 0. The average Bonchev–Trinajstić information content (AvgIpc) is 2.71. The summed E-state index contributed by atoms with van der Waals surface area (Å²) in [5.41, 5.74) is 19.5. The van der Waals surface area contributed by atoms with Gasteiger partial charge in [0.05, 0.1) is 19.1 Å². The van der Waals surface area contributed by atoms with Crippen molar-refractivity contribution in [2.75, 3.05) is 6.61 Å². The van der Waals surface area contributed by atoms with Crippen LogP contribution in [0, 0.1) is 0 Å². The first-order valence-corrected chi connectivity index (χ1v) is 8.97. The Bertz CT molecular complexity index is 658. The first-order chi connectivity index (χ1) is 15.3. The third kappa shape index (κ3) is 28.6. The third-order valence-corrected chi connectivity index (χ3v) is 3.02. The van der Waals surface area contributed by atoms with Crippen LogP contribution in [0.15, 0.2) is 0 Å². The zero-order chi connectivity index (χ0) is 28.2. The van der Waals surface area contributed by atoms with E-state index >= 15 is 0 Å². The van der Waals surface area contributed by atoms with E-state index in [9.17, 15) is 28.8 Å². The predicted octanol–water partition coefficient (Wildman–Crippen LogP) is -4.69. The van der Waals surface area contributed by atoms with Crippen LogP contribution in [0.3, 0.4) is 0 Å². The van der Waals surface area contributed by atoms with E-state index in [1.54, 1.807) is 0 Å². The fraction of sp³-hybridized carbons (Fsp3) is 0.625. The molecule has 0 aliphatic carbocycles. The van der Waals surface area contributed by atoms with Crippen LogP contribution >= 0.6 is 0 Å². The molecule has 5 atom stereocenters. The Morgan fingerprint density at radius 2 is 1.03 bits per heavy atom. The molecule has 200 valence electrons. The molecule has 0 aromatic heterocycles. The average molecular weight is 504 g/mol. The van der Waals surface area contributed by atoms with Crippen molar-refractivity contribution in [3.05, 3.63) is 0 Å². The summed E-state index contributed by atoms with van der Waals surface area (Å²) in [5.74, 6) is -7.05. The van der Waals surface area contributed by atoms with Crippen LogP contribution in [0.4, 0.5) is 0 Å². The molecule has 0 saturated carbocycles. The molecule has 0 fully saturated rings. The maximum Gasteiger partial charge on any atom is 0.323 e. The summed E-state index contributed by atoms with van der Waals surface area (Å²) in [6.45, 7) is 0.827. The number of aliphatic hydroxyl groups is 2. The van der Waals surface area contributed by atoms with Crippen LogP contribution in [0.5, 0.6) is 0 Å². The topological polar surface area (TPSA) is 368 Å². The fourth-order valence-corrected chi connectivity index (χ4v) is 0.962. The number of carboxylic acid groups (broad SMARTS) is 6. The second kappa shape index (κ2) is 21.4. The van der Waals surface area contributed by atoms with Crippen LogP contribution < -0.4 is 22.9 Å². The van der Waals surface area contributed by atoms with E-state index in [0.717, 1.165) is 0 Å². The van der Waals surface area contributed by atoms with E-state index in [2.05, 4.69) is 0 Å². The van der Waals surface area contributed by atoms with Crippen molar-refractivity contribution in [3.63, 3.8) is 0 Å². The maximum absolute atomic E-state index is 9.99. The van der Waals surface area contributed by atoms with E-state index in [0.29, 0.717) is 0 Å². The van der Waals surface area contributed by atoms with Gasteiger partial charge in [-0.25, -0.2) is 0 Å². The van der Waals surface area contributed by atoms with Crippen molar-refractivity contribution < 1.29 is 69.6 Å². The molecule has 34 heavy (non-hydrogen) atoms. The van der Waals surface area contributed by atoms with Gasteiger partial charge in [-0.05, 0) is 13.3 Å². The molecule has 0 amide bonds. The second-order valence-electron chi connectivity index (χ2n) is 6.15. The summed E-state index contributed by atoms with van der Waals surface area (Å²) in [6.07, 6.45) is -1.74. The number of rotatable bonds is 11. The molecule has 16 N–H and O–H groups in total. The molecule has 0 spiro atoms. The summed E-state index contributed by atoms with van der Waals surface area (Å²) in [4.78, 5) is 59.0. The lowest BCUT2D eigenvalue weighted by molar-refractivity contribution is -0.144. The van der Waals surface area contributed by atoms with Crippen LogP contribution in [-0.2, 0) is 28.8 Å². The standard InChI is InChI=1S/C5H9NO4.C4H7NO4.C4H9NO3.C3H7NO3/c6-3(5(9)10)1-2-4(7)8;5-2(4(8)9)1-3(6)7;1-2(6)3(5)4(7)8;4-2(1-5)3(6)7/h3H,1-2,6H2,(H,7,8)(H,9,10);2H,1,5H2,(H,6,7)(H,8,9);2-3,6H,5H2,1H3,(H,7,8);2,5H,1,4H2,(H,6,7). The van der Waals surface area contributed by atoms with Gasteiger partial charge in [0.2, 0.25) is 0 Å². The Morgan fingerprint density at radius 1 is 0.647 bits per heavy atom. The van der Waals surface area contributed by atoms with Crippen molar-refractivity contribution >= 4 is 35.8 Å². The van der Waals surface area contributed by atoms with Crippen molar-refractivity contribution in [1.82, 2.24) is 0 Å². The molecule has 18 nitrogen and oxygen atoms in total. The van der Waals surface area contributed by atoms with Crippen molar-refractivity contribution in [3.8, 4) is 0 Å². The summed E-state index contributed by atoms with van der Waals surface area (Å²) >= 11 is 0. The van der Waals surface area contributed by atoms with E-state index in [1.807, 2.05) is 0 Å². The number of aliphatic carboxylic acids is 6. The zero-order valence-electron chi connectivity index (χ0n) is 18.1. The fourth-order valence-electron chi connectivity index (χ4n) is 0.962. The highest BCUT2D eigenvalue weighted by Gasteiger charge is 2.16. The maximum atomic E-state index is 9.99. The van der Waals surface area contributed by atoms with Gasteiger partial charge in [-0.1, -0.05) is 0 Å². The minimum atomic E-state index is -1.29. The Kier molecular flexibility index (Phi) is 23.9. The minimum absolute atomic E-state index is 0.0231. The molecule has 0 aromatic carbocycles. The SMILES string of the molecule is CC(O)C(N)C(=O)O.NC(CC(=O)O)C(=O)O.NC(CCC(=O)O)C(=O)O.NC(CO)C(=O)O. The monoisotopic (exact) mass is 504 g/mol. The molecule has 0 heterocycles. The lowest BCUT2D eigenvalue weighted by Crippen LogP contribution is -2.39. The predicted molar refractivity (Wildman–Crippen MR) is 110 cm³/mol. The van der Waals surface area contributed by atoms with E-state index in [4.69, 9.17) is 63.8 Å². The first kappa shape index (κ1) is 37.9. The molecule has 5 unspecified atom stereocenters. The van der Waals surface area contributed by atoms with Gasteiger partial charge < -0.3 is 63.8 Å². The van der Waals surface area contributed by atoms with Crippen molar-refractivity contribution in [2.45, 2.75) is 56.5 Å². The summed E-state index contributed by atoms with van der Waals surface area (Å²) in [5, 5.41) is 64.8. The molecule has 0 bridgehead atoms. The Balaban J connectivity index is -0.000000178. The number of aliphatic hydroxyl groups excluding tert-OH is 2. The largest absolute Gasteiger partial charge is 0.481 e. The lowest BCUT2D eigenvalue weighted by atomic mass is 10.2. The van der Waals surface area contributed by atoms with Gasteiger partial charge in [0.1, 0.15) is 24.2 Å². The van der Waals surface area contributed by atoms with Crippen LogP contribution in [0.25, 0.3) is 0 Å². The number of carbonyl (C=O) groups is 6. The highest BCUT2D eigenvalue weighted by Crippen LogP contribution is 1.93. The molecule has 18 heteroatoms. The Hall–Kier alpha value is -3.42. The molecular weight excluding hydrogens is 472 g/mol. The molecule has 0 rings (SSSR count). The van der Waals surface area contributed by atoms with Gasteiger partial charge in [0, 0.05) is 6.42 Å². The number of carboxylic acids is 6. The lowest BCUT2D eigenvalue weighted by Gasteiger charge is -2.06. The molecular formula is C16H32N4O14. The van der Waals surface area contributed by atoms with Crippen molar-refractivity contribution in [1.29, 1.82) is 0 Å². The first-order valence-electron chi connectivity index (χ1n) is 8.97. The van der Waals surface area contributed by atoms with Crippen molar-refractivity contribution in [2.24, 2.45) is 22.9 Å². The highest BCUT2D eigenvalue weighted by molar-refractivity contribution is 5.80. The van der Waals surface area contributed by atoms with Gasteiger partial charge in [-0.3, -0.25) is 28.8 Å². The van der Waals surface area contributed by atoms with E-state index in [-0.39, 0.29) is 12.8 Å². The van der Waals surface area contributed by atoms with Gasteiger partial charge in [0.25, 0.3) is 0 Å². The van der Waals surface area contributed by atoms with Crippen LogP contribution in [-0.4, -0.2) is 114 Å². The van der Waals surface area contributed by atoms with Gasteiger partial charge in [-0.2, -0.15) is 0 Å². The Morgan fingerprint density at radius 3 is 1.15 bits per heavy atom. The number of hydrogen-bond acceptors (Lipinski definition) is 12. The van der Waals surface area contributed by atoms with E-state index in [1.165, 1.54) is 6.92 Å². The number of hydrogen-bond donors (Lipinski definition) is 12. The number of nitrogens with two attached hydrogens (primary N) is 4. The van der Waals surface area contributed by atoms with Crippen LogP contribution in [0.2, 0.25) is 0 Å². The van der Waals surface area contributed by atoms with Crippen LogP contribution in [0.1, 0.15) is 26.2 Å².